The maximum Gasteiger partial charge on any atom is 0.316 e. The maximum atomic E-state index is 12.4. The molecule has 0 spiro atoms. The fourth-order valence-corrected chi connectivity index (χ4v) is 2.38. The van der Waals surface area contributed by atoms with Crippen molar-refractivity contribution in [2.45, 2.75) is 6.92 Å². The van der Waals surface area contributed by atoms with Gasteiger partial charge in [0.1, 0.15) is 5.69 Å². The van der Waals surface area contributed by atoms with Gasteiger partial charge in [0.2, 0.25) is 5.82 Å². The van der Waals surface area contributed by atoms with Crippen LogP contribution in [0.5, 0.6) is 0 Å². The van der Waals surface area contributed by atoms with Crippen LogP contribution in [0.4, 0.5) is 5.69 Å². The number of aromatic nitrogens is 5. The summed E-state index contributed by atoms with van der Waals surface area (Å²) in [6.45, 7) is 1.91. The Balaban J connectivity index is 1.62. The molecule has 0 aliphatic heterocycles. The highest BCUT2D eigenvalue weighted by Gasteiger charge is 2.18. The molecule has 1 N–H and O–H groups in total. The minimum Gasteiger partial charge on any atom is -0.328 e. The molecule has 25 heavy (non-hydrogen) atoms. The minimum atomic E-state index is -0.504. The molecule has 0 bridgehead atoms. The van der Waals surface area contributed by atoms with E-state index in [1.54, 1.807) is 6.07 Å². The topological polar surface area (TPSA) is 107 Å². The van der Waals surface area contributed by atoms with Crippen LogP contribution < -0.4 is 5.32 Å². The molecule has 0 unspecified atom stereocenters. The molecule has 0 fully saturated rings. The molecule has 0 atom stereocenters. The number of nitrogens with zero attached hydrogens (tertiary/aromatic N) is 5. The van der Waals surface area contributed by atoms with E-state index in [2.05, 4.69) is 30.4 Å². The zero-order valence-corrected chi connectivity index (χ0v) is 13.2. The van der Waals surface area contributed by atoms with Gasteiger partial charge in [0.05, 0.1) is 17.4 Å². The predicted octanol–water partition coefficient (Wildman–Crippen LogP) is 2.64. The van der Waals surface area contributed by atoms with Crippen LogP contribution >= 0.6 is 0 Å². The smallest absolute Gasteiger partial charge is 0.316 e. The van der Waals surface area contributed by atoms with E-state index in [0.29, 0.717) is 11.4 Å². The molecule has 0 radical (unpaired) electrons. The lowest BCUT2D eigenvalue weighted by Gasteiger charge is -2.06. The van der Waals surface area contributed by atoms with Gasteiger partial charge in [0, 0.05) is 23.5 Å². The second-order valence-corrected chi connectivity index (χ2v) is 5.29. The highest BCUT2D eigenvalue weighted by Crippen LogP contribution is 2.23. The maximum absolute atomic E-state index is 12.4. The van der Waals surface area contributed by atoms with Crippen LogP contribution in [-0.2, 0) is 0 Å². The fraction of sp³-hybridized carbons (Fsp3) is 0.0588. The zero-order chi connectivity index (χ0) is 17.2. The largest absolute Gasteiger partial charge is 0.328 e. The quantitative estimate of drug-likeness (QED) is 0.614. The molecule has 3 aromatic heterocycles. The first-order chi connectivity index (χ1) is 12.2. The fourth-order valence-electron chi connectivity index (χ4n) is 2.38. The molecule has 4 rings (SSSR count). The Morgan fingerprint density at radius 2 is 2.04 bits per heavy atom. The minimum absolute atomic E-state index is 0.155. The van der Waals surface area contributed by atoms with Crippen molar-refractivity contribution in [1.82, 2.24) is 25.1 Å². The third-order valence-corrected chi connectivity index (χ3v) is 3.53. The lowest BCUT2D eigenvalue weighted by atomic mass is 10.1. The third-order valence-electron chi connectivity index (χ3n) is 3.53. The molecule has 8 heteroatoms. The molecular weight excluding hydrogens is 320 g/mol. The molecule has 122 valence electrons. The lowest BCUT2D eigenvalue weighted by Crippen LogP contribution is -2.12. The number of fused-ring (bicyclic) bond motifs is 1. The van der Waals surface area contributed by atoms with Crippen molar-refractivity contribution in [2.24, 2.45) is 0 Å². The van der Waals surface area contributed by atoms with Gasteiger partial charge < -0.3 is 9.84 Å². The Hall–Kier alpha value is -3.68. The molecule has 8 nitrogen and oxygen atoms in total. The second-order valence-electron chi connectivity index (χ2n) is 5.29. The van der Waals surface area contributed by atoms with Gasteiger partial charge in [-0.2, -0.15) is 4.98 Å². The molecule has 0 aliphatic carbocycles. The summed E-state index contributed by atoms with van der Waals surface area (Å²) in [5, 5.41) is 7.36. The first-order valence-electron chi connectivity index (χ1n) is 7.48. The van der Waals surface area contributed by atoms with Gasteiger partial charge in [-0.25, -0.2) is 4.98 Å². The van der Waals surface area contributed by atoms with E-state index in [9.17, 15) is 4.79 Å². The summed E-state index contributed by atoms with van der Waals surface area (Å²) in [4.78, 5) is 28.9. The zero-order valence-electron chi connectivity index (χ0n) is 13.2. The van der Waals surface area contributed by atoms with Crippen LogP contribution in [0.1, 0.15) is 16.4 Å². The number of amides is 1. The van der Waals surface area contributed by atoms with Crippen molar-refractivity contribution < 1.29 is 9.32 Å². The highest BCUT2D eigenvalue weighted by atomic mass is 16.5. The van der Waals surface area contributed by atoms with Crippen molar-refractivity contribution >= 4 is 22.5 Å². The van der Waals surface area contributed by atoms with Crippen LogP contribution in [0.3, 0.4) is 0 Å². The molecule has 0 saturated carbocycles. The van der Waals surface area contributed by atoms with E-state index in [1.807, 2.05) is 31.2 Å². The first-order valence-corrected chi connectivity index (χ1v) is 7.48. The van der Waals surface area contributed by atoms with E-state index in [4.69, 9.17) is 4.52 Å². The van der Waals surface area contributed by atoms with Crippen LogP contribution in [0.15, 0.2) is 53.4 Å². The third kappa shape index (κ3) is 2.92. The number of carbonyl (C=O) groups is 1. The van der Waals surface area contributed by atoms with Gasteiger partial charge in [-0.15, -0.1) is 0 Å². The molecule has 0 aliphatic rings. The van der Waals surface area contributed by atoms with Gasteiger partial charge in [0.15, 0.2) is 0 Å². The number of aryl methyl sites for hydroxylation is 1. The standard InChI is InChI=1S/C17H12N6O2/c1-10-5-6-11-12(20-10)3-2-4-13(11)21-16(24)17-22-15(23-25-17)14-9-18-7-8-19-14/h2-9H,1H3,(H,21,24). The molecule has 1 amide bonds. The van der Waals surface area contributed by atoms with Gasteiger partial charge >= 0.3 is 11.8 Å². The van der Waals surface area contributed by atoms with Crippen molar-refractivity contribution in [3.05, 3.63) is 60.5 Å². The highest BCUT2D eigenvalue weighted by molar-refractivity contribution is 6.06. The summed E-state index contributed by atoms with van der Waals surface area (Å²) in [7, 11) is 0. The van der Waals surface area contributed by atoms with Crippen molar-refractivity contribution in [3.63, 3.8) is 0 Å². The Morgan fingerprint density at radius 1 is 1.12 bits per heavy atom. The summed E-state index contributed by atoms with van der Waals surface area (Å²) < 4.78 is 5.03. The Kier molecular flexibility index (Phi) is 3.62. The number of hydrogen-bond donors (Lipinski definition) is 1. The van der Waals surface area contributed by atoms with Crippen LogP contribution in [-0.4, -0.2) is 31.0 Å². The van der Waals surface area contributed by atoms with Gasteiger partial charge in [-0.3, -0.25) is 14.8 Å². The Morgan fingerprint density at radius 3 is 2.88 bits per heavy atom. The van der Waals surface area contributed by atoms with Gasteiger partial charge in [0.25, 0.3) is 0 Å². The van der Waals surface area contributed by atoms with Crippen LogP contribution in [0.2, 0.25) is 0 Å². The SMILES string of the molecule is Cc1ccc2c(NC(=O)c3nc(-c4cnccn4)no3)cccc2n1. The Bertz CT molecular complexity index is 1060. The summed E-state index contributed by atoms with van der Waals surface area (Å²) >= 11 is 0. The van der Waals surface area contributed by atoms with E-state index < -0.39 is 5.91 Å². The summed E-state index contributed by atoms with van der Waals surface area (Å²) in [6.07, 6.45) is 4.54. The van der Waals surface area contributed by atoms with E-state index in [-0.39, 0.29) is 11.7 Å². The van der Waals surface area contributed by atoms with Crippen molar-refractivity contribution in [3.8, 4) is 11.5 Å². The molecule has 4 aromatic rings. The number of nitrogens with one attached hydrogen (secondary N) is 1. The van der Waals surface area contributed by atoms with E-state index in [1.165, 1.54) is 18.6 Å². The summed E-state index contributed by atoms with van der Waals surface area (Å²) in [5.41, 5.74) is 2.74. The number of carbonyl (C=O) groups excluding carboxylic acids is 1. The summed E-state index contributed by atoms with van der Waals surface area (Å²) in [6, 6.07) is 9.29. The van der Waals surface area contributed by atoms with Gasteiger partial charge in [-0.05, 0) is 31.2 Å². The molecular formula is C17H12N6O2. The van der Waals surface area contributed by atoms with Crippen LogP contribution in [0, 0.1) is 6.92 Å². The van der Waals surface area contributed by atoms with Crippen molar-refractivity contribution in [2.75, 3.05) is 5.32 Å². The van der Waals surface area contributed by atoms with E-state index in [0.717, 1.165) is 16.6 Å². The number of rotatable bonds is 3. The molecule has 0 saturated heterocycles. The second kappa shape index (κ2) is 6.08. The average molecular weight is 332 g/mol. The number of hydrogen-bond acceptors (Lipinski definition) is 7. The number of benzene rings is 1. The first kappa shape index (κ1) is 14.9. The molecule has 3 heterocycles. The summed E-state index contributed by atoms with van der Waals surface area (Å²) in [5.74, 6) is -0.457. The number of pyridine rings is 1. The Labute approximate surface area is 142 Å². The normalized spacial score (nSPS) is 10.8. The average Bonchev–Trinajstić information content (AvgIpc) is 3.13. The monoisotopic (exact) mass is 332 g/mol. The molecule has 1 aromatic carbocycles. The van der Waals surface area contributed by atoms with Crippen LogP contribution in [0.25, 0.3) is 22.4 Å². The lowest BCUT2D eigenvalue weighted by molar-refractivity contribution is 0.0981. The van der Waals surface area contributed by atoms with E-state index >= 15 is 0 Å². The van der Waals surface area contributed by atoms with Crippen molar-refractivity contribution in [1.29, 1.82) is 0 Å². The number of anilines is 1. The van der Waals surface area contributed by atoms with Gasteiger partial charge in [-0.1, -0.05) is 11.2 Å². The predicted molar refractivity (Wildman–Crippen MR) is 89.8 cm³/mol.